The van der Waals surface area contributed by atoms with Gasteiger partial charge in [-0.1, -0.05) is 44.2 Å². The fourth-order valence-corrected chi connectivity index (χ4v) is 4.16. The van der Waals surface area contributed by atoms with E-state index in [0.29, 0.717) is 23.4 Å². The summed E-state index contributed by atoms with van der Waals surface area (Å²) in [6.45, 7) is 8.76. The summed E-state index contributed by atoms with van der Waals surface area (Å²) < 4.78 is 5.69. The molecular formula is C29H30N2O3. The fourth-order valence-electron chi connectivity index (χ4n) is 4.16. The molecule has 174 valence electrons. The molecule has 1 aliphatic heterocycles. The topological polar surface area (TPSA) is 58.6 Å². The highest BCUT2D eigenvalue weighted by molar-refractivity contribution is 6.46. The first-order valence-electron chi connectivity index (χ1n) is 11.7. The molecule has 0 spiro atoms. The number of benzene rings is 3. The van der Waals surface area contributed by atoms with Crippen LogP contribution in [0, 0.1) is 13.8 Å². The monoisotopic (exact) mass is 454 g/mol. The van der Waals surface area contributed by atoms with E-state index in [4.69, 9.17) is 4.74 Å². The van der Waals surface area contributed by atoms with E-state index in [1.807, 2.05) is 74.5 Å². The number of aryl methyl sites for hydroxylation is 3. The van der Waals surface area contributed by atoms with Crippen molar-refractivity contribution >= 4 is 28.8 Å². The number of carbonyl (C=O) groups is 2. The molecule has 0 bridgehead atoms. The number of hydrogen-bond donors (Lipinski definition) is 1. The lowest BCUT2D eigenvalue weighted by atomic mass is 10.0. The molecule has 0 aromatic heterocycles. The molecule has 0 saturated carbocycles. The van der Waals surface area contributed by atoms with Gasteiger partial charge in [-0.25, -0.2) is 4.90 Å². The van der Waals surface area contributed by atoms with E-state index in [2.05, 4.69) is 25.2 Å². The average molecular weight is 455 g/mol. The summed E-state index contributed by atoms with van der Waals surface area (Å²) in [6, 6.07) is 20.9. The van der Waals surface area contributed by atoms with Crippen molar-refractivity contribution in [2.75, 3.05) is 16.8 Å². The molecule has 5 nitrogen and oxygen atoms in total. The molecule has 1 aliphatic rings. The molecule has 34 heavy (non-hydrogen) atoms. The Morgan fingerprint density at radius 3 is 2.06 bits per heavy atom. The summed E-state index contributed by atoms with van der Waals surface area (Å²) in [5.74, 6) is 0.0249. The minimum Gasteiger partial charge on any atom is -0.494 e. The smallest absolute Gasteiger partial charge is 0.282 e. The Balaban J connectivity index is 1.76. The van der Waals surface area contributed by atoms with Crippen molar-refractivity contribution in [1.29, 1.82) is 0 Å². The third kappa shape index (κ3) is 4.74. The number of hydrogen-bond acceptors (Lipinski definition) is 4. The molecule has 3 aromatic rings. The molecule has 0 unspecified atom stereocenters. The van der Waals surface area contributed by atoms with E-state index < -0.39 is 0 Å². The van der Waals surface area contributed by atoms with Crippen LogP contribution in [0.15, 0.2) is 72.4 Å². The number of rotatable bonds is 8. The molecule has 4 rings (SSSR count). The quantitative estimate of drug-likeness (QED) is 0.421. The molecule has 3 aromatic carbocycles. The van der Waals surface area contributed by atoms with Crippen LogP contribution in [-0.4, -0.2) is 18.4 Å². The second-order valence-electron chi connectivity index (χ2n) is 8.59. The van der Waals surface area contributed by atoms with Crippen LogP contribution >= 0.6 is 0 Å². The lowest BCUT2D eigenvalue weighted by Crippen LogP contribution is -2.32. The van der Waals surface area contributed by atoms with Crippen molar-refractivity contribution in [2.24, 2.45) is 0 Å². The highest BCUT2D eigenvalue weighted by Crippen LogP contribution is 2.34. The molecule has 0 aliphatic carbocycles. The summed E-state index contributed by atoms with van der Waals surface area (Å²) in [5.41, 5.74) is 5.93. The number of ether oxygens (including phenoxy) is 1. The Labute approximate surface area is 201 Å². The van der Waals surface area contributed by atoms with Crippen molar-refractivity contribution in [3.8, 4) is 5.75 Å². The third-order valence-electron chi connectivity index (χ3n) is 5.79. The van der Waals surface area contributed by atoms with Crippen LogP contribution < -0.4 is 15.0 Å². The molecular weight excluding hydrogens is 424 g/mol. The molecule has 1 heterocycles. The van der Waals surface area contributed by atoms with Crippen LogP contribution in [0.25, 0.3) is 5.57 Å². The first-order valence-corrected chi connectivity index (χ1v) is 11.7. The van der Waals surface area contributed by atoms with Gasteiger partial charge in [0.05, 0.1) is 17.9 Å². The first-order chi connectivity index (χ1) is 16.4. The minimum absolute atomic E-state index is 0.275. The van der Waals surface area contributed by atoms with E-state index in [1.165, 1.54) is 4.90 Å². The number of nitrogens with one attached hydrogen (secondary N) is 1. The van der Waals surface area contributed by atoms with Gasteiger partial charge in [0.1, 0.15) is 11.4 Å². The van der Waals surface area contributed by atoms with Gasteiger partial charge in [0.2, 0.25) is 0 Å². The predicted molar refractivity (Wildman–Crippen MR) is 137 cm³/mol. The second-order valence-corrected chi connectivity index (χ2v) is 8.59. The Kier molecular flexibility index (Phi) is 6.82. The van der Waals surface area contributed by atoms with Crippen LogP contribution in [0.1, 0.15) is 42.5 Å². The van der Waals surface area contributed by atoms with E-state index in [9.17, 15) is 9.59 Å². The van der Waals surface area contributed by atoms with Gasteiger partial charge in [-0.15, -0.1) is 0 Å². The summed E-state index contributed by atoms with van der Waals surface area (Å²) in [4.78, 5) is 28.5. The normalized spacial score (nSPS) is 13.6. The molecule has 2 amide bonds. The number of amides is 2. The van der Waals surface area contributed by atoms with Gasteiger partial charge in [0.25, 0.3) is 11.8 Å². The molecule has 0 fully saturated rings. The van der Waals surface area contributed by atoms with Gasteiger partial charge in [0.15, 0.2) is 0 Å². The molecule has 1 N–H and O–H groups in total. The second kappa shape index (κ2) is 9.96. The lowest BCUT2D eigenvalue weighted by Gasteiger charge is -2.16. The van der Waals surface area contributed by atoms with E-state index in [0.717, 1.165) is 41.0 Å². The van der Waals surface area contributed by atoms with Crippen molar-refractivity contribution in [3.05, 3.63) is 94.7 Å². The maximum absolute atomic E-state index is 13.6. The van der Waals surface area contributed by atoms with Crippen LogP contribution in [0.4, 0.5) is 11.4 Å². The van der Waals surface area contributed by atoms with Crippen LogP contribution in [-0.2, 0) is 16.0 Å². The van der Waals surface area contributed by atoms with Crippen LogP contribution in [0.5, 0.6) is 5.75 Å². The van der Waals surface area contributed by atoms with Crippen molar-refractivity contribution in [1.82, 2.24) is 0 Å². The number of anilines is 2. The predicted octanol–water partition coefficient (Wildman–Crippen LogP) is 6.05. The van der Waals surface area contributed by atoms with Crippen molar-refractivity contribution < 1.29 is 14.3 Å². The zero-order valence-corrected chi connectivity index (χ0v) is 20.1. The van der Waals surface area contributed by atoms with Crippen LogP contribution in [0.2, 0.25) is 0 Å². The van der Waals surface area contributed by atoms with Gasteiger partial charge >= 0.3 is 0 Å². The average Bonchev–Trinajstić information content (AvgIpc) is 3.06. The standard InChI is InChI=1S/C29H30N2O3/c1-5-15-34-25-13-9-22(10-14-25)26-27(30-23-17-19(3)16-20(4)18-23)29(33)31(28(26)32)24-11-7-21(6-2)8-12-24/h7-14,16-18,30H,5-6,15H2,1-4H3. The largest absolute Gasteiger partial charge is 0.494 e. The zero-order chi connectivity index (χ0) is 24.2. The Morgan fingerprint density at radius 1 is 0.824 bits per heavy atom. The maximum Gasteiger partial charge on any atom is 0.282 e. The third-order valence-corrected chi connectivity index (χ3v) is 5.79. The molecule has 0 radical (unpaired) electrons. The number of imide groups is 1. The number of carbonyl (C=O) groups excluding carboxylic acids is 2. The molecule has 0 atom stereocenters. The van der Waals surface area contributed by atoms with Gasteiger partial charge in [-0.2, -0.15) is 0 Å². The highest BCUT2D eigenvalue weighted by Gasteiger charge is 2.40. The van der Waals surface area contributed by atoms with E-state index in [1.54, 1.807) is 0 Å². The Hall–Kier alpha value is -3.86. The SMILES string of the molecule is CCCOc1ccc(C2=C(Nc3cc(C)cc(C)c3)C(=O)N(c3ccc(CC)cc3)C2=O)cc1. The van der Waals surface area contributed by atoms with Crippen molar-refractivity contribution in [3.63, 3.8) is 0 Å². The number of nitrogens with zero attached hydrogens (tertiary/aromatic N) is 1. The van der Waals surface area contributed by atoms with Gasteiger partial charge in [-0.05, 0) is 85.3 Å². The fraction of sp³-hybridized carbons (Fsp3) is 0.241. The highest BCUT2D eigenvalue weighted by atomic mass is 16.5. The van der Waals surface area contributed by atoms with E-state index >= 15 is 0 Å². The zero-order valence-electron chi connectivity index (χ0n) is 20.1. The Morgan fingerprint density at radius 2 is 1.47 bits per heavy atom. The minimum atomic E-state index is -0.366. The summed E-state index contributed by atoms with van der Waals surface area (Å²) in [6.07, 6.45) is 1.80. The van der Waals surface area contributed by atoms with Gasteiger partial charge < -0.3 is 10.1 Å². The van der Waals surface area contributed by atoms with Crippen molar-refractivity contribution in [2.45, 2.75) is 40.5 Å². The summed E-state index contributed by atoms with van der Waals surface area (Å²) in [7, 11) is 0. The van der Waals surface area contributed by atoms with E-state index in [-0.39, 0.29) is 17.5 Å². The Bertz CT molecular complexity index is 1220. The summed E-state index contributed by atoms with van der Waals surface area (Å²) in [5, 5.41) is 3.26. The first kappa shape index (κ1) is 23.3. The lowest BCUT2D eigenvalue weighted by molar-refractivity contribution is -0.120. The van der Waals surface area contributed by atoms with Gasteiger partial charge in [0, 0.05) is 5.69 Å². The molecule has 5 heteroatoms. The molecule has 0 saturated heterocycles. The maximum atomic E-state index is 13.6. The van der Waals surface area contributed by atoms with Crippen LogP contribution in [0.3, 0.4) is 0 Å². The van der Waals surface area contributed by atoms with Gasteiger partial charge in [-0.3, -0.25) is 9.59 Å². The summed E-state index contributed by atoms with van der Waals surface area (Å²) >= 11 is 0.